The number of amides is 2. The molecule has 6 heteroatoms. The average Bonchev–Trinajstić information content (AvgIpc) is 2.61. The van der Waals surface area contributed by atoms with E-state index in [4.69, 9.17) is 4.74 Å². The van der Waals surface area contributed by atoms with Crippen molar-refractivity contribution in [3.8, 4) is 5.75 Å². The van der Waals surface area contributed by atoms with Crippen LogP contribution in [0.4, 0.5) is 0 Å². The highest BCUT2D eigenvalue weighted by Crippen LogP contribution is 2.14. The molecule has 0 aliphatic carbocycles. The second-order valence-electron chi connectivity index (χ2n) is 7.25. The molecule has 0 bridgehead atoms. The molecule has 0 fully saturated rings. The summed E-state index contributed by atoms with van der Waals surface area (Å²) in [7, 11) is 0. The molecule has 142 valence electrons. The number of ether oxygens (including phenoxy) is 1. The van der Waals surface area contributed by atoms with Crippen molar-refractivity contribution in [3.63, 3.8) is 0 Å². The summed E-state index contributed by atoms with van der Waals surface area (Å²) in [5, 5.41) is 6.36. The number of benzene rings is 2. The Hall–Kier alpha value is -3.15. The van der Waals surface area contributed by atoms with Gasteiger partial charge < -0.3 is 10.1 Å². The van der Waals surface area contributed by atoms with Crippen LogP contribution in [0.2, 0.25) is 0 Å². The van der Waals surface area contributed by atoms with Crippen molar-refractivity contribution < 1.29 is 14.3 Å². The van der Waals surface area contributed by atoms with Crippen LogP contribution in [0.15, 0.2) is 53.6 Å². The Morgan fingerprint density at radius 1 is 1.00 bits per heavy atom. The number of carbonyl (C=O) groups excluding carboxylic acids is 2. The zero-order valence-corrected chi connectivity index (χ0v) is 16.1. The summed E-state index contributed by atoms with van der Waals surface area (Å²) in [6.45, 7) is 7.93. The van der Waals surface area contributed by atoms with E-state index >= 15 is 0 Å². The highest BCUT2D eigenvalue weighted by atomic mass is 16.5. The van der Waals surface area contributed by atoms with Gasteiger partial charge in [-0.3, -0.25) is 9.59 Å². The van der Waals surface area contributed by atoms with Crippen LogP contribution in [0.5, 0.6) is 5.75 Å². The molecule has 0 heterocycles. The van der Waals surface area contributed by atoms with E-state index in [9.17, 15) is 9.59 Å². The van der Waals surface area contributed by atoms with Crippen molar-refractivity contribution in [2.75, 3.05) is 0 Å². The average molecular weight is 367 g/mol. The quantitative estimate of drug-likeness (QED) is 0.484. The molecule has 0 aliphatic rings. The highest BCUT2D eigenvalue weighted by Gasteiger charge is 2.19. The lowest BCUT2D eigenvalue weighted by molar-refractivity contribution is -0.140. The summed E-state index contributed by atoms with van der Waals surface area (Å²) in [6, 6.07) is 15.4. The summed E-state index contributed by atoms with van der Waals surface area (Å²) >= 11 is 0. The van der Waals surface area contributed by atoms with Crippen LogP contribution in [0.25, 0.3) is 0 Å². The Labute approximate surface area is 159 Å². The van der Waals surface area contributed by atoms with Gasteiger partial charge in [0.1, 0.15) is 12.4 Å². The maximum atomic E-state index is 11.6. The van der Waals surface area contributed by atoms with Crippen molar-refractivity contribution in [1.82, 2.24) is 10.7 Å². The summed E-state index contributed by atoms with van der Waals surface area (Å²) in [4.78, 5) is 23.3. The standard InChI is InChI=1S/C21H25N3O3/c1-15-5-7-17(8-6-15)14-27-18-11-9-16(10-12-18)13-22-24-20(26)19(25)23-21(2,3)4/h5-13H,14H2,1-4H3,(H,23,25)(H,24,26)/b22-13+. The lowest BCUT2D eigenvalue weighted by Gasteiger charge is -2.19. The van der Waals surface area contributed by atoms with Gasteiger partial charge in [-0.05, 0) is 63.1 Å². The minimum Gasteiger partial charge on any atom is -0.489 e. The topological polar surface area (TPSA) is 79.8 Å². The first-order chi connectivity index (χ1) is 12.7. The Morgan fingerprint density at radius 2 is 1.63 bits per heavy atom. The number of nitrogens with zero attached hydrogens (tertiary/aromatic N) is 1. The molecule has 0 radical (unpaired) electrons. The Bertz CT molecular complexity index is 804. The lowest BCUT2D eigenvalue weighted by Crippen LogP contribution is -2.47. The molecule has 0 atom stereocenters. The van der Waals surface area contributed by atoms with Crippen LogP contribution in [0.1, 0.15) is 37.5 Å². The number of hydrazone groups is 1. The summed E-state index contributed by atoms with van der Waals surface area (Å²) in [6.07, 6.45) is 1.46. The van der Waals surface area contributed by atoms with Crippen LogP contribution in [-0.4, -0.2) is 23.6 Å². The van der Waals surface area contributed by atoms with E-state index in [0.717, 1.165) is 16.9 Å². The van der Waals surface area contributed by atoms with Crippen LogP contribution in [-0.2, 0) is 16.2 Å². The summed E-state index contributed by atoms with van der Waals surface area (Å²) in [5.74, 6) is -0.792. The molecule has 6 nitrogen and oxygen atoms in total. The molecule has 2 amide bonds. The van der Waals surface area contributed by atoms with Crippen molar-refractivity contribution in [2.45, 2.75) is 39.8 Å². The van der Waals surface area contributed by atoms with Gasteiger partial charge in [-0.2, -0.15) is 5.10 Å². The summed E-state index contributed by atoms with van der Waals surface area (Å²) < 4.78 is 5.74. The predicted molar refractivity (Wildman–Crippen MR) is 106 cm³/mol. The Balaban J connectivity index is 1.82. The van der Waals surface area contributed by atoms with Gasteiger partial charge in [0.05, 0.1) is 6.21 Å². The van der Waals surface area contributed by atoms with E-state index in [1.165, 1.54) is 11.8 Å². The van der Waals surface area contributed by atoms with E-state index in [1.54, 1.807) is 20.8 Å². The van der Waals surface area contributed by atoms with Crippen molar-refractivity contribution >= 4 is 18.0 Å². The first-order valence-corrected chi connectivity index (χ1v) is 8.67. The summed E-state index contributed by atoms with van der Waals surface area (Å²) in [5.41, 5.74) is 4.81. The third kappa shape index (κ3) is 7.32. The molecule has 2 rings (SSSR count). The maximum Gasteiger partial charge on any atom is 0.329 e. The van der Waals surface area contributed by atoms with Crippen LogP contribution >= 0.6 is 0 Å². The third-order valence-corrected chi connectivity index (χ3v) is 3.48. The van der Waals surface area contributed by atoms with Crippen LogP contribution in [0.3, 0.4) is 0 Å². The van der Waals surface area contributed by atoms with Crippen molar-refractivity contribution in [3.05, 3.63) is 65.2 Å². The van der Waals surface area contributed by atoms with E-state index in [0.29, 0.717) is 6.61 Å². The van der Waals surface area contributed by atoms with E-state index in [2.05, 4.69) is 15.8 Å². The number of nitrogens with one attached hydrogen (secondary N) is 2. The molecule has 27 heavy (non-hydrogen) atoms. The first kappa shape index (κ1) is 20.2. The fourth-order valence-electron chi connectivity index (χ4n) is 2.11. The zero-order chi connectivity index (χ0) is 19.9. The van der Waals surface area contributed by atoms with Gasteiger partial charge in [-0.25, -0.2) is 5.43 Å². The minimum absolute atomic E-state index is 0.480. The van der Waals surface area contributed by atoms with Gasteiger partial charge in [0, 0.05) is 5.54 Å². The van der Waals surface area contributed by atoms with Crippen LogP contribution < -0.4 is 15.5 Å². The Kier molecular flexibility index (Phi) is 6.71. The number of carbonyl (C=O) groups is 2. The molecule has 0 saturated heterocycles. The monoisotopic (exact) mass is 367 g/mol. The SMILES string of the molecule is Cc1ccc(COc2ccc(/C=N/NC(=O)C(=O)NC(C)(C)C)cc2)cc1. The number of aryl methyl sites for hydroxylation is 1. The van der Waals surface area contributed by atoms with E-state index in [1.807, 2.05) is 55.5 Å². The van der Waals surface area contributed by atoms with Gasteiger partial charge >= 0.3 is 11.8 Å². The molecule has 2 N–H and O–H groups in total. The molecule has 2 aromatic carbocycles. The first-order valence-electron chi connectivity index (χ1n) is 8.67. The fourth-order valence-corrected chi connectivity index (χ4v) is 2.11. The van der Waals surface area contributed by atoms with Gasteiger partial charge in [0.25, 0.3) is 0 Å². The molecule has 2 aromatic rings. The van der Waals surface area contributed by atoms with Gasteiger partial charge in [-0.1, -0.05) is 29.8 Å². The minimum atomic E-state index is -0.806. The van der Waals surface area contributed by atoms with Crippen molar-refractivity contribution in [2.24, 2.45) is 5.10 Å². The van der Waals surface area contributed by atoms with E-state index in [-0.39, 0.29) is 0 Å². The van der Waals surface area contributed by atoms with Gasteiger partial charge in [0.15, 0.2) is 0 Å². The van der Waals surface area contributed by atoms with E-state index < -0.39 is 17.4 Å². The zero-order valence-electron chi connectivity index (χ0n) is 16.1. The van der Waals surface area contributed by atoms with Gasteiger partial charge in [0.2, 0.25) is 0 Å². The second-order valence-corrected chi connectivity index (χ2v) is 7.25. The largest absolute Gasteiger partial charge is 0.489 e. The third-order valence-electron chi connectivity index (χ3n) is 3.48. The normalized spacial score (nSPS) is 11.3. The smallest absolute Gasteiger partial charge is 0.329 e. The second kappa shape index (κ2) is 8.98. The molecule has 0 unspecified atom stereocenters. The molecule has 0 aromatic heterocycles. The number of hydrogen-bond donors (Lipinski definition) is 2. The predicted octanol–water partition coefficient (Wildman–Crippen LogP) is 2.94. The molecular formula is C21H25N3O3. The molecule has 0 spiro atoms. The maximum absolute atomic E-state index is 11.6. The highest BCUT2D eigenvalue weighted by molar-refractivity contribution is 6.35. The number of rotatable bonds is 5. The van der Waals surface area contributed by atoms with Crippen molar-refractivity contribution in [1.29, 1.82) is 0 Å². The fraction of sp³-hybridized carbons (Fsp3) is 0.286. The Morgan fingerprint density at radius 3 is 2.22 bits per heavy atom. The van der Waals surface area contributed by atoms with Gasteiger partial charge in [-0.15, -0.1) is 0 Å². The number of hydrogen-bond acceptors (Lipinski definition) is 4. The molecule has 0 aliphatic heterocycles. The molecular weight excluding hydrogens is 342 g/mol. The molecule has 0 saturated carbocycles. The lowest BCUT2D eigenvalue weighted by atomic mass is 10.1. The van der Waals surface area contributed by atoms with Crippen LogP contribution in [0, 0.1) is 6.92 Å².